The molecule has 0 heterocycles. The van der Waals surface area contributed by atoms with E-state index in [1.807, 2.05) is 19.1 Å². The Bertz CT molecular complexity index is 420. The van der Waals surface area contributed by atoms with E-state index in [-0.39, 0.29) is 0 Å². The quantitative estimate of drug-likeness (QED) is 0.761. The molecule has 0 aliphatic rings. The lowest BCUT2D eigenvalue weighted by Crippen LogP contribution is -2.27. The van der Waals surface area contributed by atoms with Crippen LogP contribution in [0.5, 0.6) is 0 Å². The molecule has 1 rings (SSSR count). The Kier molecular flexibility index (Phi) is 4.14. The smallest absolute Gasteiger partial charge is 0.186 e. The first-order chi connectivity index (χ1) is 7.33. The number of rotatable bonds is 3. The van der Waals surface area contributed by atoms with Crippen molar-refractivity contribution < 1.29 is 4.43 Å². The molecule has 86 valence electrons. The number of aryl methyl sites for hydroxylation is 1. The molecule has 16 heavy (non-hydrogen) atoms. The summed E-state index contributed by atoms with van der Waals surface area (Å²) in [6.07, 6.45) is -0.482. The molecule has 0 aliphatic carbocycles. The molecule has 0 N–H and O–H groups in total. The van der Waals surface area contributed by atoms with Crippen LogP contribution in [0.4, 0.5) is 0 Å². The summed E-state index contributed by atoms with van der Waals surface area (Å²) in [4.78, 5) is 0. The van der Waals surface area contributed by atoms with Gasteiger partial charge in [-0.3, -0.25) is 0 Å². The Morgan fingerprint density at radius 2 is 2.00 bits per heavy atom. The van der Waals surface area contributed by atoms with Crippen LogP contribution < -0.4 is 0 Å². The molecule has 0 spiro atoms. The topological polar surface area (TPSA) is 33.0 Å². The number of halogens is 1. The maximum Gasteiger partial charge on any atom is 0.186 e. The predicted molar refractivity (Wildman–Crippen MR) is 69.0 cm³/mol. The summed E-state index contributed by atoms with van der Waals surface area (Å²) in [5.41, 5.74) is 1.91. The van der Waals surface area contributed by atoms with Crippen molar-refractivity contribution in [2.24, 2.45) is 0 Å². The van der Waals surface area contributed by atoms with Crippen LogP contribution >= 0.6 is 11.6 Å². The van der Waals surface area contributed by atoms with E-state index < -0.39 is 14.4 Å². The summed E-state index contributed by atoms with van der Waals surface area (Å²) < 4.78 is 5.83. The normalized spacial score (nSPS) is 13.2. The third-order valence-electron chi connectivity index (χ3n) is 2.10. The van der Waals surface area contributed by atoms with Crippen molar-refractivity contribution >= 4 is 19.9 Å². The van der Waals surface area contributed by atoms with Gasteiger partial charge in [-0.25, -0.2) is 0 Å². The van der Waals surface area contributed by atoms with Gasteiger partial charge in [0, 0.05) is 5.02 Å². The van der Waals surface area contributed by atoms with Crippen LogP contribution in [-0.2, 0) is 4.43 Å². The van der Waals surface area contributed by atoms with E-state index in [0.717, 1.165) is 11.1 Å². The lowest BCUT2D eigenvalue weighted by molar-refractivity contribution is 0.254. The Morgan fingerprint density at radius 3 is 2.44 bits per heavy atom. The molecule has 1 unspecified atom stereocenters. The van der Waals surface area contributed by atoms with Gasteiger partial charge in [0.05, 0.1) is 6.07 Å². The monoisotopic (exact) mass is 253 g/mol. The third kappa shape index (κ3) is 3.64. The van der Waals surface area contributed by atoms with E-state index in [1.54, 1.807) is 6.07 Å². The van der Waals surface area contributed by atoms with Crippen molar-refractivity contribution in [1.29, 1.82) is 5.26 Å². The van der Waals surface area contributed by atoms with E-state index in [1.165, 1.54) is 0 Å². The van der Waals surface area contributed by atoms with Crippen molar-refractivity contribution in [1.82, 2.24) is 0 Å². The summed E-state index contributed by atoms with van der Waals surface area (Å²) in [7, 11) is -1.72. The molecule has 4 heteroatoms. The highest BCUT2D eigenvalue weighted by Gasteiger charge is 2.23. The van der Waals surface area contributed by atoms with Gasteiger partial charge in [-0.2, -0.15) is 5.26 Å². The van der Waals surface area contributed by atoms with Gasteiger partial charge in [-0.15, -0.1) is 0 Å². The largest absolute Gasteiger partial charge is 0.399 e. The van der Waals surface area contributed by atoms with Gasteiger partial charge in [0.25, 0.3) is 0 Å². The number of nitrogens with zero attached hydrogens (tertiary/aromatic N) is 1. The molecule has 0 amide bonds. The molecule has 0 saturated carbocycles. The lowest BCUT2D eigenvalue weighted by Gasteiger charge is -2.22. The van der Waals surface area contributed by atoms with E-state index >= 15 is 0 Å². The number of hydrogen-bond acceptors (Lipinski definition) is 2. The van der Waals surface area contributed by atoms with Crippen molar-refractivity contribution in [2.75, 3.05) is 0 Å². The first-order valence-corrected chi connectivity index (χ1v) is 8.95. The van der Waals surface area contributed by atoms with E-state index in [2.05, 4.69) is 25.7 Å². The minimum absolute atomic E-state index is 0.482. The predicted octanol–water partition coefficient (Wildman–Crippen LogP) is 4.06. The fourth-order valence-corrected chi connectivity index (χ4v) is 2.56. The Hall–Kier alpha value is -0.823. The average molecular weight is 254 g/mol. The summed E-state index contributed by atoms with van der Waals surface area (Å²) in [5, 5.41) is 9.84. The molecule has 1 atom stereocenters. The highest BCUT2D eigenvalue weighted by molar-refractivity contribution is 6.69. The van der Waals surface area contributed by atoms with Gasteiger partial charge < -0.3 is 4.43 Å². The first-order valence-electron chi connectivity index (χ1n) is 5.17. The van der Waals surface area contributed by atoms with E-state index in [9.17, 15) is 0 Å². The maximum atomic E-state index is 9.15. The molecule has 0 saturated heterocycles. The molecule has 1 aromatic rings. The molecule has 0 radical (unpaired) electrons. The summed E-state index contributed by atoms with van der Waals surface area (Å²) in [6, 6.07) is 7.72. The van der Waals surface area contributed by atoms with Gasteiger partial charge in [-0.05, 0) is 49.8 Å². The standard InChI is InChI=1S/C12H16ClNOSi/c1-9-7-10(13)5-6-11(9)12(8-14)15-16(2,3)4/h5-7,12H,1-4H3. The van der Waals surface area contributed by atoms with Gasteiger partial charge in [-0.1, -0.05) is 17.7 Å². The van der Waals surface area contributed by atoms with Gasteiger partial charge in [0.15, 0.2) is 14.4 Å². The molecule has 0 fully saturated rings. The summed E-state index contributed by atoms with van der Waals surface area (Å²) >= 11 is 5.88. The van der Waals surface area contributed by atoms with Crippen LogP contribution in [0, 0.1) is 18.3 Å². The minimum Gasteiger partial charge on any atom is -0.399 e. The number of hydrogen-bond donors (Lipinski definition) is 0. The number of nitriles is 1. The molecular weight excluding hydrogens is 238 g/mol. The van der Waals surface area contributed by atoms with Crippen molar-refractivity contribution in [3.63, 3.8) is 0 Å². The number of benzene rings is 1. The fourth-order valence-electron chi connectivity index (χ4n) is 1.45. The van der Waals surface area contributed by atoms with Gasteiger partial charge >= 0.3 is 0 Å². The molecular formula is C12H16ClNOSi. The molecule has 0 aliphatic heterocycles. The first kappa shape index (κ1) is 13.2. The second kappa shape index (κ2) is 5.01. The van der Waals surface area contributed by atoms with Crippen LogP contribution in [0.2, 0.25) is 24.7 Å². The lowest BCUT2D eigenvalue weighted by atomic mass is 10.0. The third-order valence-corrected chi connectivity index (χ3v) is 3.28. The molecule has 0 aromatic heterocycles. The Morgan fingerprint density at radius 1 is 1.38 bits per heavy atom. The van der Waals surface area contributed by atoms with Crippen LogP contribution in [0.25, 0.3) is 0 Å². The second-order valence-electron chi connectivity index (χ2n) is 4.74. The molecule has 1 aromatic carbocycles. The van der Waals surface area contributed by atoms with Gasteiger partial charge in [0.1, 0.15) is 0 Å². The zero-order valence-electron chi connectivity index (χ0n) is 10.0. The average Bonchev–Trinajstić information content (AvgIpc) is 2.13. The van der Waals surface area contributed by atoms with Crippen molar-refractivity contribution in [2.45, 2.75) is 32.7 Å². The molecule has 0 bridgehead atoms. The second-order valence-corrected chi connectivity index (χ2v) is 9.64. The highest BCUT2D eigenvalue weighted by atomic mass is 35.5. The van der Waals surface area contributed by atoms with Crippen molar-refractivity contribution in [3.8, 4) is 6.07 Å². The van der Waals surface area contributed by atoms with Crippen LogP contribution in [-0.4, -0.2) is 8.32 Å². The fraction of sp³-hybridized carbons (Fsp3) is 0.417. The minimum atomic E-state index is -1.72. The molecule has 2 nitrogen and oxygen atoms in total. The zero-order valence-corrected chi connectivity index (χ0v) is 11.8. The summed E-state index contributed by atoms with van der Waals surface area (Å²) in [6.45, 7) is 8.16. The SMILES string of the molecule is Cc1cc(Cl)ccc1C(C#N)O[Si](C)(C)C. The van der Waals surface area contributed by atoms with Gasteiger partial charge in [0.2, 0.25) is 0 Å². The van der Waals surface area contributed by atoms with E-state index in [4.69, 9.17) is 21.3 Å². The maximum absolute atomic E-state index is 9.15. The van der Waals surface area contributed by atoms with Crippen LogP contribution in [0.15, 0.2) is 18.2 Å². The van der Waals surface area contributed by atoms with Crippen LogP contribution in [0.3, 0.4) is 0 Å². The Balaban J connectivity index is 3.01. The zero-order chi connectivity index (χ0) is 12.3. The van der Waals surface area contributed by atoms with Crippen molar-refractivity contribution in [3.05, 3.63) is 34.3 Å². The van der Waals surface area contributed by atoms with E-state index in [0.29, 0.717) is 5.02 Å². The summed E-state index contributed by atoms with van der Waals surface area (Å²) in [5.74, 6) is 0. The highest BCUT2D eigenvalue weighted by Crippen LogP contribution is 2.26. The van der Waals surface area contributed by atoms with Crippen LogP contribution in [0.1, 0.15) is 17.2 Å². The Labute approximate surface area is 103 Å².